The van der Waals surface area contributed by atoms with Crippen LogP contribution in [-0.4, -0.2) is 49.0 Å². The van der Waals surface area contributed by atoms with Crippen molar-refractivity contribution < 1.29 is 9.84 Å². The van der Waals surface area contributed by atoms with E-state index in [4.69, 9.17) is 4.74 Å². The third-order valence-electron chi connectivity index (χ3n) is 1.96. The molecule has 0 saturated heterocycles. The van der Waals surface area contributed by atoms with Crippen LogP contribution < -0.4 is 5.32 Å². The minimum absolute atomic E-state index is 0.206. The zero-order chi connectivity index (χ0) is 9.52. The molecule has 1 fully saturated rings. The Bertz CT molecular complexity index is 131. The zero-order valence-corrected chi connectivity index (χ0v) is 8.98. The molecule has 1 rings (SSSR count). The van der Waals surface area contributed by atoms with Crippen molar-refractivity contribution in [3.63, 3.8) is 0 Å². The van der Waals surface area contributed by atoms with Gasteiger partial charge in [-0.2, -0.15) is 11.8 Å². The van der Waals surface area contributed by atoms with Crippen LogP contribution in [0.5, 0.6) is 0 Å². The lowest BCUT2D eigenvalue weighted by atomic mass is 10.4. The summed E-state index contributed by atoms with van der Waals surface area (Å²) in [5.41, 5.74) is 0. The third-order valence-corrected chi connectivity index (χ3v) is 3.04. The summed E-state index contributed by atoms with van der Waals surface area (Å²) in [5.74, 6) is 1.78. The van der Waals surface area contributed by atoms with Crippen molar-refractivity contribution in [2.24, 2.45) is 0 Å². The molecule has 1 aliphatic carbocycles. The van der Waals surface area contributed by atoms with Crippen molar-refractivity contribution in [3.05, 3.63) is 0 Å². The minimum atomic E-state index is -0.206. The number of aliphatic hydroxyl groups excluding tert-OH is 1. The van der Waals surface area contributed by atoms with Crippen molar-refractivity contribution >= 4 is 11.8 Å². The quantitative estimate of drug-likeness (QED) is 0.566. The number of methoxy groups -OCH3 is 1. The van der Waals surface area contributed by atoms with Crippen LogP contribution in [0.4, 0.5) is 0 Å². The van der Waals surface area contributed by atoms with Crippen LogP contribution in [0.1, 0.15) is 12.8 Å². The molecule has 0 bridgehead atoms. The molecule has 0 aromatic rings. The van der Waals surface area contributed by atoms with Gasteiger partial charge in [0.05, 0.1) is 12.7 Å². The van der Waals surface area contributed by atoms with Crippen LogP contribution in [0.3, 0.4) is 0 Å². The highest BCUT2D eigenvalue weighted by Gasteiger charge is 2.21. The van der Waals surface area contributed by atoms with Crippen molar-refractivity contribution in [2.75, 3.05) is 31.8 Å². The van der Waals surface area contributed by atoms with Gasteiger partial charge in [0.15, 0.2) is 0 Å². The fourth-order valence-corrected chi connectivity index (χ4v) is 1.85. The van der Waals surface area contributed by atoms with E-state index < -0.39 is 0 Å². The molecule has 4 heteroatoms. The number of thioether (sulfide) groups is 1. The van der Waals surface area contributed by atoms with E-state index in [9.17, 15) is 5.11 Å². The molecule has 13 heavy (non-hydrogen) atoms. The summed E-state index contributed by atoms with van der Waals surface area (Å²) in [6, 6.07) is 0.693. The van der Waals surface area contributed by atoms with Crippen molar-refractivity contribution in [2.45, 2.75) is 25.0 Å². The maximum Gasteiger partial charge on any atom is 0.0754 e. The van der Waals surface area contributed by atoms with Gasteiger partial charge >= 0.3 is 0 Å². The zero-order valence-electron chi connectivity index (χ0n) is 8.16. The summed E-state index contributed by atoms with van der Waals surface area (Å²) in [6.07, 6.45) is 2.36. The standard InChI is InChI=1S/C9H19NO2S/c1-12-4-5-13-7-9(11)6-10-8-2-3-8/h8-11H,2-7H2,1H3. The van der Waals surface area contributed by atoms with Gasteiger partial charge in [-0.05, 0) is 12.8 Å². The van der Waals surface area contributed by atoms with Gasteiger partial charge in [-0.3, -0.25) is 0 Å². The van der Waals surface area contributed by atoms with Gasteiger partial charge in [-0.25, -0.2) is 0 Å². The fraction of sp³-hybridized carbons (Fsp3) is 1.00. The smallest absolute Gasteiger partial charge is 0.0754 e. The number of hydrogen-bond acceptors (Lipinski definition) is 4. The summed E-state index contributed by atoms with van der Waals surface area (Å²) < 4.78 is 4.91. The number of ether oxygens (including phenoxy) is 1. The molecule has 0 amide bonds. The molecule has 2 N–H and O–H groups in total. The van der Waals surface area contributed by atoms with E-state index in [1.807, 2.05) is 0 Å². The molecule has 1 atom stereocenters. The van der Waals surface area contributed by atoms with Crippen molar-refractivity contribution in [3.8, 4) is 0 Å². The first kappa shape index (κ1) is 11.3. The minimum Gasteiger partial charge on any atom is -0.391 e. The predicted molar refractivity (Wildman–Crippen MR) is 56.2 cm³/mol. The highest BCUT2D eigenvalue weighted by molar-refractivity contribution is 7.99. The second kappa shape index (κ2) is 6.65. The summed E-state index contributed by atoms with van der Waals surface area (Å²) in [4.78, 5) is 0. The fourth-order valence-electron chi connectivity index (χ4n) is 1.01. The summed E-state index contributed by atoms with van der Waals surface area (Å²) >= 11 is 1.74. The van der Waals surface area contributed by atoms with E-state index in [1.54, 1.807) is 18.9 Å². The van der Waals surface area contributed by atoms with Crippen LogP contribution in [0.25, 0.3) is 0 Å². The Morgan fingerprint density at radius 3 is 3.00 bits per heavy atom. The number of rotatable bonds is 8. The Balaban J connectivity index is 1.81. The van der Waals surface area contributed by atoms with Gasteiger partial charge in [0.25, 0.3) is 0 Å². The average Bonchev–Trinajstić information content (AvgIpc) is 2.92. The first-order chi connectivity index (χ1) is 6.33. The van der Waals surface area contributed by atoms with Gasteiger partial charge < -0.3 is 15.2 Å². The molecule has 0 aromatic carbocycles. The molecule has 0 spiro atoms. The Labute approximate surface area is 84.2 Å². The normalized spacial score (nSPS) is 18.9. The first-order valence-electron chi connectivity index (χ1n) is 4.81. The molecule has 0 aliphatic heterocycles. The Kier molecular flexibility index (Phi) is 5.78. The van der Waals surface area contributed by atoms with E-state index in [-0.39, 0.29) is 6.10 Å². The second-order valence-electron chi connectivity index (χ2n) is 3.40. The molecule has 1 aliphatic rings. The van der Waals surface area contributed by atoms with E-state index in [2.05, 4.69) is 5.32 Å². The van der Waals surface area contributed by atoms with E-state index in [1.165, 1.54) is 12.8 Å². The van der Waals surface area contributed by atoms with Gasteiger partial charge in [-0.15, -0.1) is 0 Å². The lowest BCUT2D eigenvalue weighted by Gasteiger charge is -2.10. The first-order valence-corrected chi connectivity index (χ1v) is 5.96. The molecule has 0 aromatic heterocycles. The van der Waals surface area contributed by atoms with Crippen LogP contribution in [0.2, 0.25) is 0 Å². The topological polar surface area (TPSA) is 41.5 Å². The predicted octanol–water partition coefficient (Wildman–Crippen LogP) is 0.479. The second-order valence-corrected chi connectivity index (χ2v) is 4.55. The van der Waals surface area contributed by atoms with Crippen molar-refractivity contribution in [1.82, 2.24) is 5.32 Å². The highest BCUT2D eigenvalue weighted by atomic mass is 32.2. The molecular weight excluding hydrogens is 186 g/mol. The maximum atomic E-state index is 9.50. The van der Waals surface area contributed by atoms with Crippen LogP contribution >= 0.6 is 11.8 Å². The van der Waals surface area contributed by atoms with E-state index in [0.717, 1.165) is 24.7 Å². The lowest BCUT2D eigenvalue weighted by molar-refractivity contribution is 0.194. The molecule has 0 radical (unpaired) electrons. The van der Waals surface area contributed by atoms with E-state index in [0.29, 0.717) is 6.04 Å². The van der Waals surface area contributed by atoms with Gasteiger partial charge in [0.1, 0.15) is 0 Å². The Morgan fingerprint density at radius 1 is 1.62 bits per heavy atom. The molecule has 1 saturated carbocycles. The summed E-state index contributed by atoms with van der Waals surface area (Å²) in [6.45, 7) is 1.51. The van der Waals surface area contributed by atoms with Crippen LogP contribution in [0.15, 0.2) is 0 Å². The van der Waals surface area contributed by atoms with Gasteiger partial charge in [0.2, 0.25) is 0 Å². The Morgan fingerprint density at radius 2 is 2.38 bits per heavy atom. The molecule has 78 valence electrons. The molecule has 1 unspecified atom stereocenters. The number of nitrogens with one attached hydrogen (secondary N) is 1. The largest absolute Gasteiger partial charge is 0.391 e. The van der Waals surface area contributed by atoms with Gasteiger partial charge in [0, 0.05) is 31.2 Å². The molecular formula is C9H19NO2S. The highest BCUT2D eigenvalue weighted by Crippen LogP contribution is 2.18. The van der Waals surface area contributed by atoms with Crippen LogP contribution in [0, 0.1) is 0 Å². The van der Waals surface area contributed by atoms with Crippen LogP contribution in [-0.2, 0) is 4.74 Å². The number of hydrogen-bond donors (Lipinski definition) is 2. The Hall–Kier alpha value is 0.230. The molecule has 0 heterocycles. The number of aliphatic hydroxyl groups is 1. The van der Waals surface area contributed by atoms with Crippen molar-refractivity contribution in [1.29, 1.82) is 0 Å². The SMILES string of the molecule is COCCSCC(O)CNC1CC1. The summed E-state index contributed by atoms with van der Waals surface area (Å²) in [7, 11) is 1.70. The van der Waals surface area contributed by atoms with Gasteiger partial charge in [-0.1, -0.05) is 0 Å². The monoisotopic (exact) mass is 205 g/mol. The average molecular weight is 205 g/mol. The van der Waals surface area contributed by atoms with E-state index >= 15 is 0 Å². The maximum absolute atomic E-state index is 9.50. The lowest BCUT2D eigenvalue weighted by Crippen LogP contribution is -2.30. The summed E-state index contributed by atoms with van der Waals surface area (Å²) in [5, 5.41) is 12.8. The molecule has 3 nitrogen and oxygen atoms in total. The third kappa shape index (κ3) is 6.32.